The number of rotatable bonds is 5. The molecule has 0 spiro atoms. The van der Waals surface area contributed by atoms with Crippen molar-refractivity contribution in [1.29, 1.82) is 0 Å². The van der Waals surface area contributed by atoms with E-state index in [1.807, 2.05) is 19.9 Å². The topological polar surface area (TPSA) is 35.6 Å². The van der Waals surface area contributed by atoms with Gasteiger partial charge in [-0.3, -0.25) is 4.79 Å². The van der Waals surface area contributed by atoms with Crippen LogP contribution in [0.1, 0.15) is 38.8 Å². The van der Waals surface area contributed by atoms with E-state index in [1.54, 1.807) is 6.07 Å². The van der Waals surface area contributed by atoms with Crippen LogP contribution in [0, 0.1) is 5.82 Å². The number of nitrogens with one attached hydrogen (secondary N) is 1. The molecule has 122 valence electrons. The monoisotopic (exact) mass is 307 g/mol. The molecule has 1 aromatic carbocycles. The standard InChI is InChI=1S/C17H26FN3O/c1-4-17(22)19-13(3)15-12-14(18)6-7-16(15)21-10-8-20(5-2)9-11-21/h6-7,12-13H,4-5,8-11H2,1-3H3,(H,19,22)/t13-/m0/s1. The van der Waals surface area contributed by atoms with Crippen LogP contribution in [0.15, 0.2) is 18.2 Å². The van der Waals surface area contributed by atoms with Gasteiger partial charge in [0.1, 0.15) is 5.82 Å². The van der Waals surface area contributed by atoms with Gasteiger partial charge in [0.25, 0.3) is 0 Å². The van der Waals surface area contributed by atoms with Gasteiger partial charge < -0.3 is 15.1 Å². The minimum atomic E-state index is -0.261. The highest BCUT2D eigenvalue weighted by Gasteiger charge is 2.21. The Morgan fingerprint density at radius 3 is 2.55 bits per heavy atom. The van der Waals surface area contributed by atoms with Crippen LogP contribution < -0.4 is 10.2 Å². The molecule has 1 N–H and O–H groups in total. The first-order chi connectivity index (χ1) is 10.5. The van der Waals surface area contributed by atoms with E-state index < -0.39 is 0 Å². The molecule has 0 unspecified atom stereocenters. The van der Waals surface area contributed by atoms with Crippen molar-refractivity contribution in [1.82, 2.24) is 10.2 Å². The number of carbonyl (C=O) groups excluding carboxylic acids is 1. The molecular formula is C17H26FN3O. The van der Waals surface area contributed by atoms with Gasteiger partial charge in [0.2, 0.25) is 5.91 Å². The summed E-state index contributed by atoms with van der Waals surface area (Å²) in [6.45, 7) is 10.9. The number of carbonyl (C=O) groups is 1. The second-order valence-corrected chi connectivity index (χ2v) is 5.77. The van der Waals surface area contributed by atoms with Crippen LogP contribution in [0.4, 0.5) is 10.1 Å². The first kappa shape index (κ1) is 16.7. The lowest BCUT2D eigenvalue weighted by Gasteiger charge is -2.37. The van der Waals surface area contributed by atoms with E-state index in [-0.39, 0.29) is 17.8 Å². The number of likely N-dealkylation sites (N-methyl/N-ethyl adjacent to an activating group) is 1. The van der Waals surface area contributed by atoms with Crippen molar-refractivity contribution >= 4 is 11.6 Å². The molecule has 1 heterocycles. The number of hydrogen-bond acceptors (Lipinski definition) is 3. The predicted octanol–water partition coefficient (Wildman–Crippen LogP) is 2.55. The minimum Gasteiger partial charge on any atom is -0.369 e. The van der Waals surface area contributed by atoms with E-state index in [2.05, 4.69) is 22.0 Å². The molecule has 22 heavy (non-hydrogen) atoms. The summed E-state index contributed by atoms with van der Waals surface area (Å²) < 4.78 is 13.7. The van der Waals surface area contributed by atoms with Gasteiger partial charge in [0.15, 0.2) is 0 Å². The van der Waals surface area contributed by atoms with Gasteiger partial charge >= 0.3 is 0 Å². The molecule has 1 fully saturated rings. The zero-order chi connectivity index (χ0) is 16.1. The summed E-state index contributed by atoms with van der Waals surface area (Å²) in [5.41, 5.74) is 1.88. The summed E-state index contributed by atoms with van der Waals surface area (Å²) in [6.07, 6.45) is 0.435. The van der Waals surface area contributed by atoms with Crippen molar-refractivity contribution in [3.05, 3.63) is 29.6 Å². The maximum Gasteiger partial charge on any atom is 0.220 e. The van der Waals surface area contributed by atoms with Crippen LogP contribution in [0.3, 0.4) is 0 Å². The highest BCUT2D eigenvalue weighted by molar-refractivity contribution is 5.76. The number of anilines is 1. The van der Waals surface area contributed by atoms with E-state index in [1.165, 1.54) is 6.07 Å². The molecule has 1 aromatic rings. The smallest absolute Gasteiger partial charge is 0.220 e. The molecule has 0 bridgehead atoms. The van der Waals surface area contributed by atoms with Crippen LogP contribution in [0.5, 0.6) is 0 Å². The Balaban J connectivity index is 2.19. The van der Waals surface area contributed by atoms with Crippen LogP contribution in [-0.2, 0) is 4.79 Å². The molecule has 1 aliphatic rings. The van der Waals surface area contributed by atoms with Crippen LogP contribution in [0.2, 0.25) is 0 Å². The molecule has 2 rings (SSSR count). The van der Waals surface area contributed by atoms with E-state index in [0.29, 0.717) is 6.42 Å². The Morgan fingerprint density at radius 2 is 1.95 bits per heavy atom. The Labute approximate surface area is 132 Å². The lowest BCUT2D eigenvalue weighted by atomic mass is 10.0. The van der Waals surface area contributed by atoms with Crippen molar-refractivity contribution in [2.24, 2.45) is 0 Å². The van der Waals surface area contributed by atoms with Crippen LogP contribution in [0.25, 0.3) is 0 Å². The number of amides is 1. The minimum absolute atomic E-state index is 0.0153. The second kappa shape index (κ2) is 7.58. The molecule has 0 aliphatic carbocycles. The summed E-state index contributed by atoms with van der Waals surface area (Å²) >= 11 is 0. The first-order valence-electron chi connectivity index (χ1n) is 8.11. The van der Waals surface area contributed by atoms with E-state index in [4.69, 9.17) is 0 Å². The molecule has 1 amide bonds. The van der Waals surface area contributed by atoms with E-state index >= 15 is 0 Å². The van der Waals surface area contributed by atoms with Crippen molar-refractivity contribution in [3.8, 4) is 0 Å². The third kappa shape index (κ3) is 3.97. The van der Waals surface area contributed by atoms with Gasteiger partial charge in [-0.2, -0.15) is 0 Å². The maximum atomic E-state index is 13.7. The molecule has 4 nitrogen and oxygen atoms in total. The van der Waals surface area contributed by atoms with Gasteiger partial charge in [-0.15, -0.1) is 0 Å². The van der Waals surface area contributed by atoms with Crippen molar-refractivity contribution < 1.29 is 9.18 Å². The Kier molecular flexibility index (Phi) is 5.77. The Bertz CT molecular complexity index is 513. The number of halogens is 1. The second-order valence-electron chi connectivity index (χ2n) is 5.77. The summed E-state index contributed by atoms with van der Waals surface area (Å²) in [4.78, 5) is 16.3. The van der Waals surface area contributed by atoms with Gasteiger partial charge in [-0.1, -0.05) is 13.8 Å². The number of piperazine rings is 1. The predicted molar refractivity (Wildman–Crippen MR) is 87.6 cm³/mol. The average Bonchev–Trinajstić information content (AvgIpc) is 2.54. The number of nitrogens with zero attached hydrogens (tertiary/aromatic N) is 2. The Morgan fingerprint density at radius 1 is 1.27 bits per heavy atom. The fraction of sp³-hybridized carbons (Fsp3) is 0.588. The summed E-state index contributed by atoms with van der Waals surface area (Å²) in [6, 6.07) is 4.69. The third-order valence-electron chi connectivity index (χ3n) is 4.31. The molecule has 1 atom stereocenters. The zero-order valence-corrected chi connectivity index (χ0v) is 13.7. The van der Waals surface area contributed by atoms with Gasteiger partial charge in [-0.05, 0) is 31.7 Å². The summed E-state index contributed by atoms with van der Waals surface area (Å²) in [7, 11) is 0. The van der Waals surface area contributed by atoms with E-state index in [9.17, 15) is 9.18 Å². The largest absolute Gasteiger partial charge is 0.369 e. The van der Waals surface area contributed by atoms with Gasteiger partial charge in [-0.25, -0.2) is 4.39 Å². The fourth-order valence-corrected chi connectivity index (χ4v) is 2.89. The normalized spacial score (nSPS) is 17.4. The highest BCUT2D eigenvalue weighted by atomic mass is 19.1. The molecule has 0 aromatic heterocycles. The first-order valence-corrected chi connectivity index (χ1v) is 8.11. The van der Waals surface area contributed by atoms with Crippen molar-refractivity contribution in [2.45, 2.75) is 33.2 Å². The maximum absolute atomic E-state index is 13.7. The quantitative estimate of drug-likeness (QED) is 0.908. The van der Waals surface area contributed by atoms with Crippen LogP contribution >= 0.6 is 0 Å². The fourth-order valence-electron chi connectivity index (χ4n) is 2.89. The number of benzene rings is 1. The summed E-state index contributed by atoms with van der Waals surface area (Å²) in [5, 5.41) is 2.93. The van der Waals surface area contributed by atoms with Crippen LogP contribution in [-0.4, -0.2) is 43.5 Å². The lowest BCUT2D eigenvalue weighted by molar-refractivity contribution is -0.121. The molecule has 0 radical (unpaired) electrons. The number of hydrogen-bond donors (Lipinski definition) is 1. The average molecular weight is 307 g/mol. The van der Waals surface area contributed by atoms with Gasteiger partial charge in [0, 0.05) is 43.9 Å². The van der Waals surface area contributed by atoms with Gasteiger partial charge in [0.05, 0.1) is 6.04 Å². The third-order valence-corrected chi connectivity index (χ3v) is 4.31. The van der Waals surface area contributed by atoms with Crippen molar-refractivity contribution in [2.75, 3.05) is 37.6 Å². The molecule has 1 saturated heterocycles. The SMILES string of the molecule is CCC(=O)N[C@@H](C)c1cc(F)ccc1N1CCN(CC)CC1. The van der Waals surface area contributed by atoms with E-state index in [0.717, 1.165) is 44.0 Å². The highest BCUT2D eigenvalue weighted by Crippen LogP contribution is 2.28. The molecular weight excluding hydrogens is 281 g/mol. The molecule has 5 heteroatoms. The Hall–Kier alpha value is -1.62. The zero-order valence-electron chi connectivity index (χ0n) is 13.7. The van der Waals surface area contributed by atoms with Crippen molar-refractivity contribution in [3.63, 3.8) is 0 Å². The molecule has 0 saturated carbocycles. The lowest BCUT2D eigenvalue weighted by Crippen LogP contribution is -2.46. The summed E-state index contributed by atoms with van der Waals surface area (Å²) in [5.74, 6) is -0.276. The molecule has 1 aliphatic heterocycles.